The van der Waals surface area contributed by atoms with Gasteiger partial charge in [0.05, 0.1) is 0 Å². The lowest BCUT2D eigenvalue weighted by Gasteiger charge is -2.00. The smallest absolute Gasteiger partial charge is 0.123 e. The van der Waals surface area contributed by atoms with Crippen molar-refractivity contribution in [2.45, 2.75) is 53.4 Å². The first-order valence-corrected chi connectivity index (χ1v) is 7.70. The van der Waals surface area contributed by atoms with Crippen LogP contribution in [0.3, 0.4) is 0 Å². The Hall–Kier alpha value is -1.63. The van der Waals surface area contributed by atoms with Gasteiger partial charge < -0.3 is 0 Å². The van der Waals surface area contributed by atoms with Gasteiger partial charge in [-0.15, -0.1) is 0 Å². The van der Waals surface area contributed by atoms with Crippen LogP contribution in [-0.2, 0) is 0 Å². The Morgan fingerprint density at radius 2 is 1.81 bits per heavy atom. The summed E-state index contributed by atoms with van der Waals surface area (Å²) in [5.74, 6) is -0.171. The molecule has 0 aliphatic rings. The van der Waals surface area contributed by atoms with Crippen molar-refractivity contribution in [3.8, 4) is 0 Å². The molecule has 0 saturated carbocycles. The zero-order chi connectivity index (χ0) is 15.7. The summed E-state index contributed by atoms with van der Waals surface area (Å²) in [5.41, 5.74) is 4.92. The van der Waals surface area contributed by atoms with Gasteiger partial charge in [-0.1, -0.05) is 41.5 Å². The molecule has 0 spiro atoms. The van der Waals surface area contributed by atoms with Gasteiger partial charge in [0.25, 0.3) is 0 Å². The zero-order valence-electron chi connectivity index (χ0n) is 13.7. The van der Waals surface area contributed by atoms with Gasteiger partial charge in [0, 0.05) is 0 Å². The third-order valence-corrected chi connectivity index (χ3v) is 3.46. The lowest BCUT2D eigenvalue weighted by molar-refractivity contribution is 0.627. The molecule has 114 valence electrons. The fourth-order valence-corrected chi connectivity index (χ4v) is 2.12. The Bertz CT molecular complexity index is 529. The fraction of sp³-hybridized carbons (Fsp3) is 0.400. The lowest BCUT2D eigenvalue weighted by atomic mass is 10.1. The molecule has 0 radical (unpaired) electrons. The molecule has 0 bridgehead atoms. The van der Waals surface area contributed by atoms with Gasteiger partial charge in [0.1, 0.15) is 5.82 Å². The van der Waals surface area contributed by atoms with Crippen molar-refractivity contribution in [1.82, 2.24) is 0 Å². The van der Waals surface area contributed by atoms with E-state index in [1.54, 1.807) is 6.07 Å². The van der Waals surface area contributed by atoms with Crippen molar-refractivity contribution in [3.63, 3.8) is 0 Å². The number of allylic oxidation sites excluding steroid dienone is 5. The van der Waals surface area contributed by atoms with E-state index >= 15 is 0 Å². The summed E-state index contributed by atoms with van der Waals surface area (Å²) in [6, 6.07) is 4.92. The van der Waals surface area contributed by atoms with Gasteiger partial charge in [-0.3, -0.25) is 0 Å². The highest BCUT2D eigenvalue weighted by molar-refractivity contribution is 5.53. The summed E-state index contributed by atoms with van der Waals surface area (Å²) in [6.07, 6.45) is 13.0. The first kappa shape index (κ1) is 17.4. The Morgan fingerprint density at radius 3 is 2.52 bits per heavy atom. The predicted molar refractivity (Wildman–Crippen MR) is 91.8 cm³/mol. The van der Waals surface area contributed by atoms with E-state index in [9.17, 15) is 4.39 Å². The topological polar surface area (TPSA) is 0 Å². The highest BCUT2D eigenvalue weighted by Crippen LogP contribution is 2.13. The highest BCUT2D eigenvalue weighted by Gasteiger charge is 1.95. The lowest BCUT2D eigenvalue weighted by Crippen LogP contribution is -1.82. The van der Waals surface area contributed by atoms with Gasteiger partial charge in [-0.2, -0.15) is 0 Å². The van der Waals surface area contributed by atoms with Crippen LogP contribution in [0.4, 0.5) is 4.39 Å². The van der Waals surface area contributed by atoms with E-state index in [4.69, 9.17) is 0 Å². The molecule has 1 aromatic rings. The maximum atomic E-state index is 13.2. The average Bonchev–Trinajstić information content (AvgIpc) is 2.41. The molecular weight excluding hydrogens is 259 g/mol. The largest absolute Gasteiger partial charge is 0.207 e. The van der Waals surface area contributed by atoms with Crippen molar-refractivity contribution < 1.29 is 4.39 Å². The average molecular weight is 286 g/mol. The number of benzene rings is 1. The normalized spacial score (nSPS) is 12.0. The van der Waals surface area contributed by atoms with Crippen LogP contribution in [0.25, 0.3) is 6.08 Å². The first-order chi connectivity index (χ1) is 9.99. The fourth-order valence-electron chi connectivity index (χ4n) is 2.12. The molecule has 0 aliphatic carbocycles. The monoisotopic (exact) mass is 286 g/mol. The van der Waals surface area contributed by atoms with Gasteiger partial charge in [-0.05, 0) is 76.6 Å². The minimum absolute atomic E-state index is 0.171. The minimum atomic E-state index is -0.171. The maximum absolute atomic E-state index is 13.2. The van der Waals surface area contributed by atoms with Crippen molar-refractivity contribution in [2.24, 2.45) is 0 Å². The Balaban J connectivity index is 2.37. The summed E-state index contributed by atoms with van der Waals surface area (Å²) in [7, 11) is 0. The molecule has 1 heteroatoms. The zero-order valence-corrected chi connectivity index (χ0v) is 13.7. The molecule has 0 fully saturated rings. The van der Waals surface area contributed by atoms with Crippen molar-refractivity contribution in [3.05, 3.63) is 64.5 Å². The second-order valence-electron chi connectivity index (χ2n) is 5.85. The third kappa shape index (κ3) is 7.65. The molecule has 0 nitrogen and oxygen atoms in total. The molecule has 0 N–H and O–H groups in total. The van der Waals surface area contributed by atoms with E-state index < -0.39 is 0 Å². The molecule has 1 aromatic carbocycles. The molecular formula is C20H27F. The van der Waals surface area contributed by atoms with Crippen molar-refractivity contribution in [2.75, 3.05) is 0 Å². The predicted octanol–water partition coefficient (Wildman–Crippen LogP) is 6.62. The van der Waals surface area contributed by atoms with Crippen LogP contribution in [0.1, 0.15) is 57.6 Å². The third-order valence-electron chi connectivity index (χ3n) is 3.46. The SMILES string of the molecule is CC(C)=CCC/C(C)=C/CC/C=C\c1cc(F)ccc1C. The van der Waals surface area contributed by atoms with E-state index in [-0.39, 0.29) is 5.82 Å². The highest BCUT2D eigenvalue weighted by atomic mass is 19.1. The Morgan fingerprint density at radius 1 is 1.05 bits per heavy atom. The second kappa shape index (κ2) is 9.33. The van der Waals surface area contributed by atoms with E-state index in [2.05, 4.69) is 39.0 Å². The van der Waals surface area contributed by atoms with Gasteiger partial charge in [-0.25, -0.2) is 4.39 Å². The van der Waals surface area contributed by atoms with E-state index in [1.807, 2.05) is 19.1 Å². The number of halogens is 1. The van der Waals surface area contributed by atoms with E-state index in [0.717, 1.165) is 36.8 Å². The number of hydrogen-bond acceptors (Lipinski definition) is 0. The number of unbranched alkanes of at least 4 members (excludes halogenated alkanes) is 1. The molecule has 21 heavy (non-hydrogen) atoms. The standard InChI is InChI=1S/C20H27F/c1-16(2)9-8-11-17(3)10-6-5-7-12-19-15-20(21)14-13-18(19)4/h7,9-10,12-15H,5-6,8,11H2,1-4H3/b12-7-,17-10+. The van der Waals surface area contributed by atoms with Crippen LogP contribution in [0.5, 0.6) is 0 Å². The van der Waals surface area contributed by atoms with Crippen LogP contribution in [-0.4, -0.2) is 0 Å². The molecule has 0 atom stereocenters. The molecule has 1 rings (SSSR count). The van der Waals surface area contributed by atoms with E-state index in [0.29, 0.717) is 0 Å². The van der Waals surface area contributed by atoms with E-state index in [1.165, 1.54) is 17.2 Å². The first-order valence-electron chi connectivity index (χ1n) is 7.70. The Kier molecular flexibility index (Phi) is 7.74. The van der Waals surface area contributed by atoms with Gasteiger partial charge in [0.15, 0.2) is 0 Å². The Labute approximate surface area is 129 Å². The summed E-state index contributed by atoms with van der Waals surface area (Å²) < 4.78 is 13.2. The number of aryl methyl sites for hydroxylation is 1. The summed E-state index contributed by atoms with van der Waals surface area (Å²) >= 11 is 0. The van der Waals surface area contributed by atoms with Crippen LogP contribution in [0.2, 0.25) is 0 Å². The molecule has 0 aliphatic heterocycles. The molecule has 0 heterocycles. The van der Waals surface area contributed by atoms with Crippen LogP contribution >= 0.6 is 0 Å². The van der Waals surface area contributed by atoms with Crippen LogP contribution < -0.4 is 0 Å². The van der Waals surface area contributed by atoms with Crippen molar-refractivity contribution in [1.29, 1.82) is 0 Å². The second-order valence-corrected chi connectivity index (χ2v) is 5.85. The quantitative estimate of drug-likeness (QED) is 0.390. The van der Waals surface area contributed by atoms with Gasteiger partial charge >= 0.3 is 0 Å². The van der Waals surface area contributed by atoms with Crippen molar-refractivity contribution >= 4 is 6.08 Å². The number of hydrogen-bond donors (Lipinski definition) is 0. The van der Waals surface area contributed by atoms with Gasteiger partial charge in [0.2, 0.25) is 0 Å². The minimum Gasteiger partial charge on any atom is -0.207 e. The number of rotatable bonds is 7. The molecule has 0 saturated heterocycles. The van der Waals surface area contributed by atoms with Crippen LogP contribution in [0, 0.1) is 12.7 Å². The summed E-state index contributed by atoms with van der Waals surface area (Å²) in [6.45, 7) is 8.47. The van der Waals surface area contributed by atoms with Crippen LogP contribution in [0.15, 0.2) is 47.6 Å². The summed E-state index contributed by atoms with van der Waals surface area (Å²) in [4.78, 5) is 0. The molecule has 0 amide bonds. The summed E-state index contributed by atoms with van der Waals surface area (Å²) in [5, 5.41) is 0. The molecule has 0 aromatic heterocycles. The molecule has 0 unspecified atom stereocenters. The maximum Gasteiger partial charge on any atom is 0.123 e.